The average molecular weight is 463 g/mol. The number of benzene rings is 2. The molecule has 0 radical (unpaired) electrons. The van der Waals surface area contributed by atoms with Crippen molar-refractivity contribution >= 4 is 11.9 Å². The molecule has 7 nitrogen and oxygen atoms in total. The second-order valence-electron chi connectivity index (χ2n) is 9.93. The van der Waals surface area contributed by atoms with Gasteiger partial charge in [0.05, 0.1) is 11.2 Å². The van der Waals surface area contributed by atoms with E-state index < -0.39 is 11.4 Å². The second kappa shape index (κ2) is 7.81. The monoisotopic (exact) mass is 462 g/mol. The lowest BCUT2D eigenvalue weighted by atomic mass is 9.74. The third-order valence-corrected chi connectivity index (χ3v) is 7.19. The molecule has 1 fully saturated rings. The molecule has 1 spiro atoms. The fourth-order valence-electron chi connectivity index (χ4n) is 5.40. The topological polar surface area (TPSA) is 101 Å². The van der Waals surface area contributed by atoms with Gasteiger partial charge in [0, 0.05) is 31.6 Å². The number of aliphatic imine (C=N–C) groups is 1. The zero-order valence-electron chi connectivity index (χ0n) is 19.5. The number of ether oxygens (including phenoxy) is 2. The highest BCUT2D eigenvalue weighted by Gasteiger charge is 2.55. The van der Waals surface area contributed by atoms with Crippen LogP contribution >= 0.6 is 0 Å². The highest BCUT2D eigenvalue weighted by atomic mass is 19.1. The summed E-state index contributed by atoms with van der Waals surface area (Å²) in [6, 6.07) is 11.8. The van der Waals surface area contributed by atoms with Gasteiger partial charge < -0.3 is 15.2 Å². The number of hydrogen-bond donors (Lipinski definition) is 1. The molecular weight excluding hydrogens is 435 g/mol. The highest BCUT2D eigenvalue weighted by Crippen LogP contribution is 2.49. The second-order valence-corrected chi connectivity index (χ2v) is 9.93. The van der Waals surface area contributed by atoms with Gasteiger partial charge in [-0.3, -0.25) is 9.69 Å². The summed E-state index contributed by atoms with van der Waals surface area (Å²) in [5.41, 5.74) is 6.67. The largest absolute Gasteiger partial charge is 0.490 e. The Bertz CT molecular complexity index is 1250. The van der Waals surface area contributed by atoms with E-state index in [1.165, 1.54) is 17.0 Å². The molecule has 1 amide bonds. The Balaban J connectivity index is 1.61. The van der Waals surface area contributed by atoms with Crippen LogP contribution in [0.2, 0.25) is 0 Å². The van der Waals surface area contributed by atoms with Gasteiger partial charge in [-0.1, -0.05) is 12.1 Å². The SMILES string of the molecule is CN1C(=O)C2(CC(C3CCOC(C)(C)C3)Oc3ccc(-c4ccc(F)c(C#N)c4)cc32)N=C1N. The van der Waals surface area contributed by atoms with E-state index in [4.69, 9.17) is 20.2 Å². The number of carbonyl (C=O) groups is 1. The summed E-state index contributed by atoms with van der Waals surface area (Å²) in [4.78, 5) is 19.6. The molecule has 2 N–H and O–H groups in total. The normalized spacial score (nSPS) is 27.7. The predicted octanol–water partition coefficient (Wildman–Crippen LogP) is 3.70. The van der Waals surface area contributed by atoms with Crippen molar-refractivity contribution in [3.8, 4) is 22.9 Å². The van der Waals surface area contributed by atoms with Gasteiger partial charge in [-0.15, -0.1) is 0 Å². The van der Waals surface area contributed by atoms with Crippen molar-refractivity contribution in [3.05, 3.63) is 53.3 Å². The maximum Gasteiger partial charge on any atom is 0.261 e. The lowest BCUT2D eigenvalue weighted by molar-refractivity contribution is -0.134. The molecule has 3 unspecified atom stereocenters. The van der Waals surface area contributed by atoms with E-state index in [9.17, 15) is 14.4 Å². The minimum atomic E-state index is -1.19. The molecule has 2 aromatic carbocycles. The summed E-state index contributed by atoms with van der Waals surface area (Å²) >= 11 is 0. The Morgan fingerprint density at radius 1 is 1.21 bits per heavy atom. The van der Waals surface area contributed by atoms with Gasteiger partial charge in [-0.05, 0) is 62.1 Å². The number of guanidine groups is 1. The molecule has 0 aliphatic carbocycles. The van der Waals surface area contributed by atoms with Crippen molar-refractivity contribution in [3.63, 3.8) is 0 Å². The number of amides is 1. The molecule has 3 aliphatic heterocycles. The number of fused-ring (bicyclic) bond motifs is 2. The third-order valence-electron chi connectivity index (χ3n) is 7.19. The fraction of sp³-hybridized carbons (Fsp3) is 0.423. The summed E-state index contributed by atoms with van der Waals surface area (Å²) in [6.45, 7) is 4.78. The van der Waals surface area contributed by atoms with Crippen LogP contribution in [-0.2, 0) is 15.1 Å². The molecule has 34 heavy (non-hydrogen) atoms. The Hall–Kier alpha value is -3.44. The summed E-state index contributed by atoms with van der Waals surface area (Å²) < 4.78 is 26.2. The third kappa shape index (κ3) is 3.51. The van der Waals surface area contributed by atoms with Crippen molar-refractivity contribution in [2.75, 3.05) is 13.7 Å². The van der Waals surface area contributed by atoms with E-state index in [0.717, 1.165) is 18.4 Å². The Labute approximate surface area is 198 Å². The number of nitrogens with two attached hydrogens (primary N) is 1. The number of halogens is 1. The predicted molar refractivity (Wildman–Crippen MR) is 124 cm³/mol. The molecule has 176 valence electrons. The van der Waals surface area contributed by atoms with Crippen LogP contribution in [0.4, 0.5) is 4.39 Å². The molecule has 3 aliphatic rings. The molecule has 5 rings (SSSR count). The maximum atomic E-state index is 13.9. The molecular formula is C26H27FN4O3. The zero-order valence-corrected chi connectivity index (χ0v) is 19.5. The van der Waals surface area contributed by atoms with E-state index in [-0.39, 0.29) is 35.1 Å². The van der Waals surface area contributed by atoms with Gasteiger partial charge in [-0.25, -0.2) is 9.38 Å². The van der Waals surface area contributed by atoms with Crippen LogP contribution in [0, 0.1) is 23.1 Å². The van der Waals surface area contributed by atoms with Gasteiger partial charge in [0.2, 0.25) is 0 Å². The van der Waals surface area contributed by atoms with Crippen LogP contribution in [0.25, 0.3) is 11.1 Å². The highest BCUT2D eigenvalue weighted by molar-refractivity contribution is 6.07. The van der Waals surface area contributed by atoms with E-state index in [1.54, 1.807) is 13.1 Å². The summed E-state index contributed by atoms with van der Waals surface area (Å²) in [5, 5.41) is 9.23. The zero-order chi connectivity index (χ0) is 24.3. The minimum Gasteiger partial charge on any atom is -0.490 e. The van der Waals surface area contributed by atoms with Crippen molar-refractivity contribution in [1.29, 1.82) is 5.26 Å². The van der Waals surface area contributed by atoms with Crippen molar-refractivity contribution in [2.45, 2.75) is 50.4 Å². The van der Waals surface area contributed by atoms with Crippen LogP contribution in [-0.4, -0.2) is 42.1 Å². The molecule has 0 saturated carbocycles. The smallest absolute Gasteiger partial charge is 0.261 e. The number of nitriles is 1. The van der Waals surface area contributed by atoms with E-state index in [2.05, 4.69) is 13.8 Å². The molecule has 8 heteroatoms. The van der Waals surface area contributed by atoms with E-state index in [1.807, 2.05) is 24.3 Å². The first kappa shape index (κ1) is 22.4. The molecule has 0 aromatic heterocycles. The first-order valence-electron chi connectivity index (χ1n) is 11.4. The molecule has 1 saturated heterocycles. The van der Waals surface area contributed by atoms with Gasteiger partial charge in [0.25, 0.3) is 5.91 Å². The standard InChI is InChI=1S/C26H27FN4O3/c1-25(2)12-17(8-9-33-25)22-13-26(23(32)31(3)24(29)30-26)19-11-16(5-7-21(19)34-22)15-4-6-20(27)18(10-15)14-28/h4-7,10-11,17,22H,8-9,12-13H2,1-3H3,(H2,29,30). The van der Waals surface area contributed by atoms with Gasteiger partial charge in [0.1, 0.15) is 23.7 Å². The molecule has 3 atom stereocenters. The molecule has 3 heterocycles. The van der Waals surface area contributed by atoms with Crippen molar-refractivity contribution in [1.82, 2.24) is 4.90 Å². The van der Waals surface area contributed by atoms with E-state index >= 15 is 0 Å². The van der Waals surface area contributed by atoms with Crippen molar-refractivity contribution in [2.24, 2.45) is 16.6 Å². The van der Waals surface area contributed by atoms with Crippen LogP contribution in [0.1, 0.15) is 44.2 Å². The van der Waals surface area contributed by atoms with Gasteiger partial charge in [0.15, 0.2) is 11.5 Å². The summed E-state index contributed by atoms with van der Waals surface area (Å²) in [5.74, 6) is 0.199. The number of likely N-dealkylation sites (N-methyl/N-ethyl adjacent to an activating group) is 1. The van der Waals surface area contributed by atoms with Crippen LogP contribution in [0.5, 0.6) is 5.75 Å². The van der Waals surface area contributed by atoms with Crippen molar-refractivity contribution < 1.29 is 18.7 Å². The molecule has 0 bridgehead atoms. The first-order valence-corrected chi connectivity index (χ1v) is 11.4. The Morgan fingerprint density at radius 3 is 2.62 bits per heavy atom. The number of rotatable bonds is 2. The maximum absolute atomic E-state index is 13.9. The number of carbonyl (C=O) groups excluding carboxylic acids is 1. The Morgan fingerprint density at radius 2 is 1.94 bits per heavy atom. The average Bonchev–Trinajstić information content (AvgIpc) is 3.02. The number of hydrogen-bond acceptors (Lipinski definition) is 6. The fourth-order valence-corrected chi connectivity index (χ4v) is 5.40. The number of nitrogens with zero attached hydrogens (tertiary/aromatic N) is 3. The van der Waals surface area contributed by atoms with Crippen LogP contribution in [0.15, 0.2) is 41.4 Å². The minimum absolute atomic E-state index is 0.0395. The van der Waals surface area contributed by atoms with Gasteiger partial charge >= 0.3 is 0 Å². The summed E-state index contributed by atoms with van der Waals surface area (Å²) in [7, 11) is 1.63. The lowest BCUT2D eigenvalue weighted by Gasteiger charge is -2.44. The van der Waals surface area contributed by atoms with Crippen LogP contribution < -0.4 is 10.5 Å². The quantitative estimate of drug-likeness (QED) is 0.733. The molecule has 2 aromatic rings. The van der Waals surface area contributed by atoms with E-state index in [0.29, 0.717) is 29.9 Å². The lowest BCUT2D eigenvalue weighted by Crippen LogP contribution is -2.49. The van der Waals surface area contributed by atoms with Crippen LogP contribution in [0.3, 0.4) is 0 Å². The van der Waals surface area contributed by atoms with Gasteiger partial charge in [-0.2, -0.15) is 5.26 Å². The summed E-state index contributed by atoms with van der Waals surface area (Å²) in [6.07, 6.45) is 1.81. The Kier molecular flexibility index (Phi) is 5.14. The first-order chi connectivity index (χ1) is 16.1.